The Morgan fingerprint density at radius 3 is 2.55 bits per heavy atom. The number of hydrogen-bond donors (Lipinski definition) is 2. The van der Waals surface area contributed by atoms with Gasteiger partial charge in [-0.05, 0) is 50.6 Å². The molecule has 2 N–H and O–H groups in total. The van der Waals surface area contributed by atoms with E-state index < -0.39 is 0 Å². The molecule has 1 aliphatic heterocycles. The summed E-state index contributed by atoms with van der Waals surface area (Å²) >= 11 is 0. The van der Waals surface area contributed by atoms with E-state index in [0.717, 1.165) is 55.7 Å². The monoisotopic (exact) mass is 433 g/mol. The fourth-order valence-corrected chi connectivity index (χ4v) is 3.94. The van der Waals surface area contributed by atoms with Crippen molar-refractivity contribution in [1.29, 1.82) is 0 Å². The van der Waals surface area contributed by atoms with E-state index in [4.69, 9.17) is 9.47 Å². The Morgan fingerprint density at radius 1 is 1.23 bits per heavy atom. The molecular weight excluding hydrogens is 390 g/mol. The van der Waals surface area contributed by atoms with Crippen molar-refractivity contribution in [2.24, 2.45) is 10.9 Å². The summed E-state index contributed by atoms with van der Waals surface area (Å²) < 4.78 is 11.5. The van der Waals surface area contributed by atoms with E-state index in [0.29, 0.717) is 31.2 Å². The molecule has 0 bridgehead atoms. The van der Waals surface area contributed by atoms with Gasteiger partial charge < -0.3 is 25.0 Å². The van der Waals surface area contributed by atoms with Gasteiger partial charge in [0.1, 0.15) is 6.61 Å². The molecule has 1 aromatic carbocycles. The van der Waals surface area contributed by atoms with Crippen LogP contribution < -0.4 is 20.1 Å². The molecule has 2 atom stereocenters. The zero-order chi connectivity index (χ0) is 22.8. The molecule has 1 heterocycles. The molecule has 0 aliphatic carbocycles. The van der Waals surface area contributed by atoms with Crippen molar-refractivity contribution < 1.29 is 9.47 Å². The molecule has 0 saturated carbocycles. The van der Waals surface area contributed by atoms with Crippen molar-refractivity contribution >= 4 is 5.96 Å². The lowest BCUT2D eigenvalue weighted by Gasteiger charge is -2.22. The number of hydrogen-bond acceptors (Lipinski definition) is 5. The Morgan fingerprint density at radius 2 is 1.97 bits per heavy atom. The standard InChI is InChI=1S/C24H43N5O2/c1-8-28(9-2)12-13-31-22-11-10-20(14-23(22)30-7)15-26-24(25-6)27-21-17-29(18(3)4)16-19(21)5/h10-11,14,18-19,21H,8-9,12-13,15-17H2,1-7H3,(H2,25,26,27). The van der Waals surface area contributed by atoms with Gasteiger partial charge in [0, 0.05) is 45.3 Å². The number of benzene rings is 1. The van der Waals surface area contributed by atoms with Gasteiger partial charge in [0.25, 0.3) is 0 Å². The van der Waals surface area contributed by atoms with Crippen LogP contribution in [0.15, 0.2) is 23.2 Å². The number of likely N-dealkylation sites (N-methyl/N-ethyl adjacent to an activating group) is 1. The number of guanidine groups is 1. The largest absolute Gasteiger partial charge is 0.493 e. The predicted molar refractivity (Wildman–Crippen MR) is 129 cm³/mol. The Balaban J connectivity index is 1.89. The van der Waals surface area contributed by atoms with Gasteiger partial charge in [-0.1, -0.05) is 26.8 Å². The zero-order valence-corrected chi connectivity index (χ0v) is 20.6. The quantitative estimate of drug-likeness (QED) is 0.413. The molecule has 1 fully saturated rings. The van der Waals surface area contributed by atoms with Crippen LogP contribution in [-0.4, -0.2) is 81.3 Å². The van der Waals surface area contributed by atoms with E-state index in [1.54, 1.807) is 7.11 Å². The lowest BCUT2D eigenvalue weighted by molar-refractivity contribution is 0.217. The molecule has 0 spiro atoms. The minimum Gasteiger partial charge on any atom is -0.493 e. The molecule has 0 radical (unpaired) electrons. The SMILES string of the molecule is CCN(CC)CCOc1ccc(CNC(=NC)NC2CN(C(C)C)CC2C)cc1OC. The van der Waals surface area contributed by atoms with Gasteiger partial charge in [-0.25, -0.2) is 0 Å². The van der Waals surface area contributed by atoms with Crippen LogP contribution in [0.25, 0.3) is 0 Å². The van der Waals surface area contributed by atoms with E-state index in [2.05, 4.69) is 66.1 Å². The van der Waals surface area contributed by atoms with E-state index in [1.807, 2.05) is 19.2 Å². The molecule has 2 unspecified atom stereocenters. The topological polar surface area (TPSA) is 61.4 Å². The number of aliphatic imine (C=N–C) groups is 1. The van der Waals surface area contributed by atoms with Crippen LogP contribution in [0.2, 0.25) is 0 Å². The Kier molecular flexibility index (Phi) is 10.4. The minimum absolute atomic E-state index is 0.407. The lowest BCUT2D eigenvalue weighted by atomic mass is 10.1. The summed E-state index contributed by atoms with van der Waals surface area (Å²) in [5.41, 5.74) is 1.12. The molecule has 1 aliphatic rings. The lowest BCUT2D eigenvalue weighted by Crippen LogP contribution is -2.46. The second-order valence-corrected chi connectivity index (χ2v) is 8.56. The number of likely N-dealkylation sites (tertiary alicyclic amines) is 1. The van der Waals surface area contributed by atoms with Crippen LogP contribution in [0.3, 0.4) is 0 Å². The van der Waals surface area contributed by atoms with Crippen molar-refractivity contribution in [1.82, 2.24) is 20.4 Å². The highest BCUT2D eigenvalue weighted by atomic mass is 16.5. The fraction of sp³-hybridized carbons (Fsp3) is 0.708. The molecule has 1 aromatic rings. The zero-order valence-electron chi connectivity index (χ0n) is 20.6. The van der Waals surface area contributed by atoms with Crippen LogP contribution in [0.4, 0.5) is 0 Å². The maximum absolute atomic E-state index is 5.97. The third-order valence-electron chi connectivity index (χ3n) is 6.16. The highest BCUT2D eigenvalue weighted by Crippen LogP contribution is 2.28. The summed E-state index contributed by atoms with van der Waals surface area (Å²) in [5, 5.41) is 7.04. The molecule has 7 nitrogen and oxygen atoms in total. The van der Waals surface area contributed by atoms with Gasteiger partial charge in [0.2, 0.25) is 0 Å². The average Bonchev–Trinajstić information content (AvgIpc) is 3.15. The second-order valence-electron chi connectivity index (χ2n) is 8.56. The van der Waals surface area contributed by atoms with Gasteiger partial charge in [-0.3, -0.25) is 9.89 Å². The Labute approximate surface area is 189 Å². The first kappa shape index (κ1) is 25.3. The molecule has 2 rings (SSSR count). The Hall–Kier alpha value is -1.99. The van der Waals surface area contributed by atoms with Crippen molar-refractivity contribution in [2.45, 2.75) is 53.2 Å². The molecule has 0 aromatic heterocycles. The Bertz CT molecular complexity index is 691. The molecule has 0 amide bonds. The van der Waals surface area contributed by atoms with Gasteiger partial charge in [-0.2, -0.15) is 0 Å². The first-order chi connectivity index (χ1) is 14.9. The number of nitrogens with zero attached hydrogens (tertiary/aromatic N) is 3. The first-order valence-corrected chi connectivity index (χ1v) is 11.6. The van der Waals surface area contributed by atoms with Crippen LogP contribution in [0, 0.1) is 5.92 Å². The maximum atomic E-state index is 5.97. The van der Waals surface area contributed by atoms with Gasteiger partial charge in [0.15, 0.2) is 17.5 Å². The summed E-state index contributed by atoms with van der Waals surface area (Å²) in [5.74, 6) is 2.98. The van der Waals surface area contributed by atoms with Crippen LogP contribution in [0.1, 0.15) is 40.2 Å². The number of methoxy groups -OCH3 is 1. The molecule has 1 saturated heterocycles. The summed E-state index contributed by atoms with van der Waals surface area (Å²) in [7, 11) is 3.51. The summed E-state index contributed by atoms with van der Waals surface area (Å²) in [6, 6.07) is 7.09. The third kappa shape index (κ3) is 7.58. The predicted octanol–water partition coefficient (Wildman–Crippen LogP) is 2.81. The average molecular weight is 434 g/mol. The fourth-order valence-electron chi connectivity index (χ4n) is 3.94. The minimum atomic E-state index is 0.407. The van der Waals surface area contributed by atoms with Crippen LogP contribution >= 0.6 is 0 Å². The number of nitrogens with one attached hydrogen (secondary N) is 2. The van der Waals surface area contributed by atoms with E-state index >= 15 is 0 Å². The highest BCUT2D eigenvalue weighted by Gasteiger charge is 2.31. The summed E-state index contributed by atoms with van der Waals surface area (Å²) in [6.07, 6.45) is 0. The number of ether oxygens (including phenoxy) is 2. The van der Waals surface area contributed by atoms with Crippen LogP contribution in [-0.2, 0) is 6.54 Å². The second kappa shape index (κ2) is 12.8. The third-order valence-corrected chi connectivity index (χ3v) is 6.16. The molecule has 176 valence electrons. The van der Waals surface area contributed by atoms with Crippen molar-refractivity contribution in [3.63, 3.8) is 0 Å². The van der Waals surface area contributed by atoms with Gasteiger partial charge in [0.05, 0.1) is 7.11 Å². The van der Waals surface area contributed by atoms with Crippen LogP contribution in [0.5, 0.6) is 11.5 Å². The van der Waals surface area contributed by atoms with E-state index in [-0.39, 0.29) is 0 Å². The molecule has 31 heavy (non-hydrogen) atoms. The summed E-state index contributed by atoms with van der Waals surface area (Å²) in [6.45, 7) is 17.6. The summed E-state index contributed by atoms with van der Waals surface area (Å²) in [4.78, 5) is 9.28. The van der Waals surface area contributed by atoms with Gasteiger partial charge >= 0.3 is 0 Å². The van der Waals surface area contributed by atoms with Crippen molar-refractivity contribution in [3.05, 3.63) is 23.8 Å². The van der Waals surface area contributed by atoms with Gasteiger partial charge in [-0.15, -0.1) is 0 Å². The van der Waals surface area contributed by atoms with E-state index in [1.165, 1.54) is 0 Å². The van der Waals surface area contributed by atoms with E-state index in [9.17, 15) is 0 Å². The maximum Gasteiger partial charge on any atom is 0.191 e. The van der Waals surface area contributed by atoms with Crippen molar-refractivity contribution in [2.75, 3.05) is 53.5 Å². The number of rotatable bonds is 11. The first-order valence-electron chi connectivity index (χ1n) is 11.6. The highest BCUT2D eigenvalue weighted by molar-refractivity contribution is 5.80. The smallest absolute Gasteiger partial charge is 0.191 e. The van der Waals surface area contributed by atoms with Crippen molar-refractivity contribution in [3.8, 4) is 11.5 Å². The molecular formula is C24H43N5O2. The normalized spacial score (nSPS) is 19.8. The molecule has 7 heteroatoms.